The molecule has 10 heavy (non-hydrogen) atoms. The molecule has 0 amide bonds. The summed E-state index contributed by atoms with van der Waals surface area (Å²) >= 11 is 0. The smallest absolute Gasteiger partial charge is 0.171 e. The number of rotatable bonds is 1. The third kappa shape index (κ3) is 0.510. The van der Waals surface area contributed by atoms with Crippen LogP contribution >= 0.6 is 0 Å². The van der Waals surface area contributed by atoms with Gasteiger partial charge in [-0.15, -0.1) is 0 Å². The molecule has 1 saturated carbocycles. The fraction of sp³-hybridized carbons (Fsp3) is 0.714. The minimum Gasteiger partial charge on any atom is -0.509 e. The summed E-state index contributed by atoms with van der Waals surface area (Å²) in [5, 5.41) is 9.23. The van der Waals surface area contributed by atoms with E-state index in [1.165, 1.54) is 0 Å². The lowest BCUT2D eigenvalue weighted by Gasteiger charge is -2.11. The Hall–Kier alpha value is -0.595. The quantitative estimate of drug-likeness (QED) is 0.546. The lowest BCUT2D eigenvalue weighted by molar-refractivity contribution is 0.115. The van der Waals surface area contributed by atoms with Gasteiger partial charge in [-0.25, -0.2) is 0 Å². The first kappa shape index (κ1) is 6.14. The molecule has 52 valence electrons. The number of hydrogen-bond donors (Lipinski definition) is 1. The minimum absolute atomic E-state index is 0.103. The zero-order valence-corrected chi connectivity index (χ0v) is 5.92. The van der Waals surface area contributed by atoms with Crippen LogP contribution in [0.3, 0.4) is 0 Å². The van der Waals surface area contributed by atoms with Crippen molar-refractivity contribution in [2.75, 3.05) is 0 Å². The molecule has 0 bridgehead atoms. The van der Waals surface area contributed by atoms with E-state index in [0.29, 0.717) is 0 Å². The van der Waals surface area contributed by atoms with Gasteiger partial charge in [0.05, 0.1) is 11.6 Å². The molecule has 0 spiro atoms. The maximum absolute atomic E-state index is 9.23. The molecule has 2 nitrogen and oxygen atoms in total. The van der Waals surface area contributed by atoms with Crippen LogP contribution in [0.1, 0.15) is 19.8 Å². The highest BCUT2D eigenvalue weighted by Gasteiger charge is 2.62. The van der Waals surface area contributed by atoms with Gasteiger partial charge in [-0.1, -0.05) is 6.92 Å². The van der Waals surface area contributed by atoms with Crippen LogP contribution < -0.4 is 0 Å². The highest BCUT2D eigenvalue weighted by atomic mass is 16.5. The van der Waals surface area contributed by atoms with Crippen molar-refractivity contribution < 1.29 is 9.84 Å². The van der Waals surface area contributed by atoms with E-state index in [1.807, 2.05) is 6.92 Å². The van der Waals surface area contributed by atoms with Crippen LogP contribution in [0, 0.1) is 5.92 Å². The van der Waals surface area contributed by atoms with Crippen LogP contribution in [0.2, 0.25) is 0 Å². The van der Waals surface area contributed by atoms with Gasteiger partial charge in [0.1, 0.15) is 11.4 Å². The monoisotopic (exact) mass is 136 g/mol. The van der Waals surface area contributed by atoms with Gasteiger partial charge in [0, 0.05) is 6.42 Å². The van der Waals surface area contributed by atoms with Gasteiger partial charge in [0.25, 0.3) is 0 Å². The molecule has 1 aliphatic carbocycles. The van der Waals surface area contributed by atoms with Gasteiger partial charge in [-0.05, 0) is 6.42 Å². The normalized spacial score (nSPS) is 43.1. The average molecular weight is 136 g/mol. The molecular weight excluding hydrogens is 127 g/mol. The summed E-state index contributed by atoms with van der Waals surface area (Å²) in [6.07, 6.45) is 1.87. The van der Waals surface area contributed by atoms with Gasteiger partial charge in [0.15, 0.2) is 7.85 Å². The van der Waals surface area contributed by atoms with E-state index >= 15 is 0 Å². The fourth-order valence-electron chi connectivity index (χ4n) is 1.65. The van der Waals surface area contributed by atoms with E-state index < -0.39 is 0 Å². The first-order valence-electron chi connectivity index (χ1n) is 3.57. The summed E-state index contributed by atoms with van der Waals surface area (Å²) in [4.78, 5) is 0. The van der Waals surface area contributed by atoms with E-state index in [4.69, 9.17) is 12.6 Å². The first-order chi connectivity index (χ1) is 4.69. The molecule has 2 aliphatic rings. The maximum Gasteiger partial charge on any atom is 0.171 e. The minimum atomic E-state index is -0.103. The SMILES string of the molecule is [B]C1=C(O)C2CC2(CC)O1. The predicted molar refractivity (Wildman–Crippen MR) is 37.6 cm³/mol. The summed E-state index contributed by atoms with van der Waals surface area (Å²) in [5.74, 6) is 0.472. The number of aliphatic hydroxyl groups is 1. The Bertz CT molecular complexity index is 212. The predicted octanol–water partition coefficient (Wildman–Crippen LogP) is 1.08. The van der Waals surface area contributed by atoms with Crippen molar-refractivity contribution in [1.29, 1.82) is 0 Å². The van der Waals surface area contributed by atoms with E-state index in [1.54, 1.807) is 0 Å². The molecule has 2 unspecified atom stereocenters. The second-order valence-electron chi connectivity index (χ2n) is 3.03. The van der Waals surface area contributed by atoms with Crippen molar-refractivity contribution in [2.24, 2.45) is 5.92 Å². The second-order valence-corrected chi connectivity index (χ2v) is 3.03. The standard InChI is InChI=1S/C7H9BO2/c1-2-7-3-4(7)5(9)6(8)10-7/h4,9H,2-3H2,1H3. The Morgan fingerprint density at radius 2 is 2.60 bits per heavy atom. The van der Waals surface area contributed by atoms with Gasteiger partial charge < -0.3 is 9.84 Å². The van der Waals surface area contributed by atoms with Crippen LogP contribution in [0.15, 0.2) is 11.4 Å². The Morgan fingerprint density at radius 3 is 2.90 bits per heavy atom. The molecule has 2 rings (SSSR count). The maximum atomic E-state index is 9.23. The van der Waals surface area contributed by atoms with Crippen molar-refractivity contribution >= 4 is 7.85 Å². The molecule has 0 saturated heterocycles. The lowest BCUT2D eigenvalue weighted by Crippen LogP contribution is -2.10. The van der Waals surface area contributed by atoms with E-state index in [0.717, 1.165) is 12.8 Å². The zero-order chi connectivity index (χ0) is 7.35. The number of fused-ring (bicyclic) bond motifs is 1. The molecule has 0 aromatic rings. The molecule has 1 N–H and O–H groups in total. The van der Waals surface area contributed by atoms with Crippen LogP contribution in [0.4, 0.5) is 0 Å². The molecule has 2 radical (unpaired) electrons. The Kier molecular flexibility index (Phi) is 0.934. The molecule has 2 atom stereocenters. The number of ether oxygens (including phenoxy) is 1. The van der Waals surface area contributed by atoms with Crippen molar-refractivity contribution in [3.05, 3.63) is 11.4 Å². The number of aliphatic hydroxyl groups excluding tert-OH is 1. The lowest BCUT2D eigenvalue weighted by atomic mass is 10.1. The van der Waals surface area contributed by atoms with Gasteiger partial charge >= 0.3 is 0 Å². The average Bonchev–Trinajstić information content (AvgIpc) is 2.57. The summed E-state index contributed by atoms with van der Waals surface area (Å²) < 4.78 is 5.29. The fourth-order valence-corrected chi connectivity index (χ4v) is 1.65. The molecule has 1 fully saturated rings. The Labute approximate surface area is 61.3 Å². The molecule has 0 aromatic heterocycles. The van der Waals surface area contributed by atoms with E-state index in [-0.39, 0.29) is 22.9 Å². The molecule has 1 heterocycles. The third-order valence-corrected chi connectivity index (χ3v) is 2.52. The third-order valence-electron chi connectivity index (χ3n) is 2.52. The molecule has 3 heteroatoms. The molecule has 0 aromatic carbocycles. The van der Waals surface area contributed by atoms with Crippen molar-refractivity contribution in [3.63, 3.8) is 0 Å². The van der Waals surface area contributed by atoms with E-state index in [2.05, 4.69) is 0 Å². The first-order valence-corrected chi connectivity index (χ1v) is 3.57. The number of hydrogen-bond acceptors (Lipinski definition) is 2. The van der Waals surface area contributed by atoms with Crippen molar-refractivity contribution in [3.8, 4) is 0 Å². The largest absolute Gasteiger partial charge is 0.509 e. The van der Waals surface area contributed by atoms with Crippen molar-refractivity contribution in [2.45, 2.75) is 25.4 Å². The highest BCUT2D eigenvalue weighted by molar-refractivity contribution is 6.20. The van der Waals surface area contributed by atoms with E-state index in [9.17, 15) is 5.11 Å². The van der Waals surface area contributed by atoms with Crippen molar-refractivity contribution in [1.82, 2.24) is 0 Å². The highest BCUT2D eigenvalue weighted by Crippen LogP contribution is 2.58. The van der Waals surface area contributed by atoms with Crippen LogP contribution in [-0.4, -0.2) is 18.6 Å². The summed E-state index contributed by atoms with van der Waals surface area (Å²) in [7, 11) is 5.37. The summed E-state index contributed by atoms with van der Waals surface area (Å²) in [6.45, 7) is 2.05. The topological polar surface area (TPSA) is 29.5 Å². The van der Waals surface area contributed by atoms with Gasteiger partial charge in [-0.3, -0.25) is 0 Å². The van der Waals surface area contributed by atoms with Crippen LogP contribution in [-0.2, 0) is 4.74 Å². The summed E-state index contributed by atoms with van der Waals surface area (Å²) in [5.41, 5.74) is 0.131. The molecule has 1 aliphatic heterocycles. The van der Waals surface area contributed by atoms with Gasteiger partial charge in [-0.2, -0.15) is 0 Å². The molecular formula is C7H9BO2. The Balaban J connectivity index is 2.22. The zero-order valence-electron chi connectivity index (χ0n) is 5.92. The van der Waals surface area contributed by atoms with Crippen LogP contribution in [0.5, 0.6) is 0 Å². The Morgan fingerprint density at radius 1 is 1.90 bits per heavy atom. The summed E-state index contributed by atoms with van der Waals surface area (Å²) in [6, 6.07) is 0. The van der Waals surface area contributed by atoms with Crippen LogP contribution in [0.25, 0.3) is 0 Å². The van der Waals surface area contributed by atoms with Gasteiger partial charge in [0.2, 0.25) is 0 Å². The second kappa shape index (κ2) is 1.52.